The van der Waals surface area contributed by atoms with Gasteiger partial charge in [0.1, 0.15) is 0 Å². The quantitative estimate of drug-likeness (QED) is 0.823. The van der Waals surface area contributed by atoms with Gasteiger partial charge in [-0.3, -0.25) is 9.78 Å². The molecule has 2 rings (SSSR count). The summed E-state index contributed by atoms with van der Waals surface area (Å²) in [6.45, 7) is 2.67. The molecule has 0 radical (unpaired) electrons. The summed E-state index contributed by atoms with van der Waals surface area (Å²) < 4.78 is 0.938. The predicted molar refractivity (Wildman–Crippen MR) is 89.2 cm³/mol. The van der Waals surface area contributed by atoms with E-state index in [4.69, 9.17) is 0 Å². The van der Waals surface area contributed by atoms with Crippen molar-refractivity contribution in [1.82, 2.24) is 4.98 Å². The fourth-order valence-corrected chi connectivity index (χ4v) is 2.29. The molecular weight excluding hydrogens is 330 g/mol. The van der Waals surface area contributed by atoms with Gasteiger partial charge in [0.2, 0.25) is 5.91 Å². The highest BCUT2D eigenvalue weighted by Crippen LogP contribution is 2.16. The number of hydrogen-bond acceptors (Lipinski definition) is 3. The number of benzene rings is 1. The van der Waals surface area contributed by atoms with E-state index in [1.54, 1.807) is 12.4 Å². The molecule has 21 heavy (non-hydrogen) atoms. The third-order valence-corrected chi connectivity index (χ3v) is 3.32. The maximum absolute atomic E-state index is 11.6. The van der Waals surface area contributed by atoms with Gasteiger partial charge >= 0.3 is 0 Å². The molecule has 0 aliphatic carbocycles. The minimum atomic E-state index is 0.0544. The van der Waals surface area contributed by atoms with Gasteiger partial charge < -0.3 is 10.6 Å². The highest BCUT2D eigenvalue weighted by atomic mass is 79.9. The second-order valence-electron chi connectivity index (χ2n) is 4.74. The normalized spacial score (nSPS) is 10.2. The van der Waals surface area contributed by atoms with Crippen LogP contribution in [-0.2, 0) is 11.3 Å². The maximum Gasteiger partial charge on any atom is 0.224 e. The average Bonchev–Trinajstić information content (AvgIpc) is 2.46. The number of anilines is 2. The van der Waals surface area contributed by atoms with Gasteiger partial charge in [0.05, 0.1) is 11.9 Å². The standard InChI is InChI=1S/C16H18BrN3O/c1-2-4-16(21)20-14-6-3-5-12(7-14)9-19-15-8-13(17)10-18-11-15/h3,5-8,10-11,19H,2,4,9H2,1H3,(H,20,21). The van der Waals surface area contributed by atoms with Crippen LogP contribution >= 0.6 is 15.9 Å². The zero-order valence-electron chi connectivity index (χ0n) is 11.9. The first-order valence-electron chi connectivity index (χ1n) is 6.90. The Hall–Kier alpha value is -1.88. The van der Waals surface area contributed by atoms with Crippen molar-refractivity contribution < 1.29 is 4.79 Å². The SMILES string of the molecule is CCCC(=O)Nc1cccc(CNc2cncc(Br)c2)c1. The van der Waals surface area contributed by atoms with Crippen molar-refractivity contribution in [3.8, 4) is 0 Å². The second kappa shape index (κ2) is 7.78. The van der Waals surface area contributed by atoms with Crippen molar-refractivity contribution in [2.45, 2.75) is 26.3 Å². The molecule has 0 unspecified atom stereocenters. The van der Waals surface area contributed by atoms with Crippen molar-refractivity contribution in [1.29, 1.82) is 0 Å². The molecule has 0 bridgehead atoms. The van der Waals surface area contributed by atoms with Crippen molar-refractivity contribution in [3.05, 3.63) is 52.8 Å². The molecule has 2 aromatic rings. The number of nitrogens with one attached hydrogen (secondary N) is 2. The number of amides is 1. The van der Waals surface area contributed by atoms with Gasteiger partial charge in [-0.2, -0.15) is 0 Å². The molecule has 0 saturated heterocycles. The molecule has 1 amide bonds. The number of halogens is 1. The number of pyridine rings is 1. The fraction of sp³-hybridized carbons (Fsp3) is 0.250. The molecule has 5 heteroatoms. The first-order chi connectivity index (χ1) is 10.2. The van der Waals surface area contributed by atoms with E-state index in [2.05, 4.69) is 31.5 Å². The zero-order chi connectivity index (χ0) is 15.1. The Bertz CT molecular complexity index is 616. The van der Waals surface area contributed by atoms with Crippen molar-refractivity contribution in [3.63, 3.8) is 0 Å². The summed E-state index contributed by atoms with van der Waals surface area (Å²) in [4.78, 5) is 15.7. The Kier molecular flexibility index (Phi) is 5.75. The Morgan fingerprint density at radius 2 is 2.10 bits per heavy atom. The Morgan fingerprint density at radius 3 is 2.86 bits per heavy atom. The van der Waals surface area contributed by atoms with Crippen LogP contribution in [0.4, 0.5) is 11.4 Å². The lowest BCUT2D eigenvalue weighted by atomic mass is 10.2. The molecule has 0 aliphatic heterocycles. The molecule has 2 N–H and O–H groups in total. The van der Waals surface area contributed by atoms with Crippen LogP contribution in [0.1, 0.15) is 25.3 Å². The Morgan fingerprint density at radius 1 is 1.24 bits per heavy atom. The van der Waals surface area contributed by atoms with E-state index in [1.165, 1.54) is 0 Å². The minimum absolute atomic E-state index is 0.0544. The largest absolute Gasteiger partial charge is 0.380 e. The number of rotatable bonds is 6. The van der Waals surface area contributed by atoms with E-state index in [1.807, 2.05) is 37.3 Å². The van der Waals surface area contributed by atoms with Crippen LogP contribution < -0.4 is 10.6 Å². The van der Waals surface area contributed by atoms with Gasteiger partial charge in [0.15, 0.2) is 0 Å². The lowest BCUT2D eigenvalue weighted by Crippen LogP contribution is -2.11. The average molecular weight is 348 g/mol. The molecule has 0 aliphatic rings. The minimum Gasteiger partial charge on any atom is -0.380 e. The highest BCUT2D eigenvalue weighted by molar-refractivity contribution is 9.10. The molecule has 0 saturated carbocycles. The van der Waals surface area contributed by atoms with E-state index in [-0.39, 0.29) is 5.91 Å². The van der Waals surface area contributed by atoms with E-state index in [0.29, 0.717) is 13.0 Å². The van der Waals surface area contributed by atoms with Crippen molar-refractivity contribution in [2.24, 2.45) is 0 Å². The lowest BCUT2D eigenvalue weighted by molar-refractivity contribution is -0.116. The van der Waals surface area contributed by atoms with E-state index < -0.39 is 0 Å². The van der Waals surface area contributed by atoms with Crippen LogP contribution in [0.2, 0.25) is 0 Å². The van der Waals surface area contributed by atoms with Crippen LogP contribution in [0.15, 0.2) is 47.2 Å². The summed E-state index contributed by atoms with van der Waals surface area (Å²) in [7, 11) is 0. The first kappa shape index (κ1) is 15.5. The molecule has 4 nitrogen and oxygen atoms in total. The third kappa shape index (κ3) is 5.19. The summed E-state index contributed by atoms with van der Waals surface area (Å²) in [5.41, 5.74) is 2.88. The van der Waals surface area contributed by atoms with E-state index >= 15 is 0 Å². The maximum atomic E-state index is 11.6. The van der Waals surface area contributed by atoms with Gasteiger partial charge in [0, 0.05) is 29.3 Å². The molecular formula is C16H18BrN3O. The molecule has 110 valence electrons. The van der Waals surface area contributed by atoms with Gasteiger partial charge in [-0.25, -0.2) is 0 Å². The van der Waals surface area contributed by atoms with E-state index in [0.717, 1.165) is 27.8 Å². The van der Waals surface area contributed by atoms with Crippen molar-refractivity contribution in [2.75, 3.05) is 10.6 Å². The van der Waals surface area contributed by atoms with E-state index in [9.17, 15) is 4.79 Å². The van der Waals surface area contributed by atoms with Crippen LogP contribution in [0, 0.1) is 0 Å². The molecule has 0 atom stereocenters. The Labute approximate surface area is 133 Å². The molecule has 0 fully saturated rings. The van der Waals surface area contributed by atoms with Crippen LogP contribution in [0.3, 0.4) is 0 Å². The first-order valence-corrected chi connectivity index (χ1v) is 7.70. The van der Waals surface area contributed by atoms with Crippen LogP contribution in [-0.4, -0.2) is 10.9 Å². The number of aromatic nitrogens is 1. The topological polar surface area (TPSA) is 54.0 Å². The third-order valence-electron chi connectivity index (χ3n) is 2.89. The lowest BCUT2D eigenvalue weighted by Gasteiger charge is -2.09. The number of carbonyl (C=O) groups excluding carboxylic acids is 1. The Balaban J connectivity index is 1.96. The number of carbonyl (C=O) groups is 1. The second-order valence-corrected chi connectivity index (χ2v) is 5.66. The molecule has 1 heterocycles. The highest BCUT2D eigenvalue weighted by Gasteiger charge is 2.02. The van der Waals surface area contributed by atoms with Crippen molar-refractivity contribution >= 4 is 33.2 Å². The van der Waals surface area contributed by atoms with Gasteiger partial charge in [-0.1, -0.05) is 19.1 Å². The van der Waals surface area contributed by atoms with Crippen LogP contribution in [0.5, 0.6) is 0 Å². The van der Waals surface area contributed by atoms with Gasteiger partial charge in [-0.15, -0.1) is 0 Å². The number of hydrogen-bond donors (Lipinski definition) is 2. The summed E-state index contributed by atoms with van der Waals surface area (Å²) in [6.07, 6.45) is 4.92. The molecule has 1 aromatic carbocycles. The molecule has 1 aromatic heterocycles. The van der Waals surface area contributed by atoms with Gasteiger partial charge in [0.25, 0.3) is 0 Å². The predicted octanol–water partition coefficient (Wildman–Crippen LogP) is 4.19. The summed E-state index contributed by atoms with van der Waals surface area (Å²) in [5, 5.41) is 6.21. The number of nitrogens with zero attached hydrogens (tertiary/aromatic N) is 1. The fourth-order valence-electron chi connectivity index (χ4n) is 1.92. The monoisotopic (exact) mass is 347 g/mol. The summed E-state index contributed by atoms with van der Waals surface area (Å²) in [6, 6.07) is 9.81. The van der Waals surface area contributed by atoms with Crippen LogP contribution in [0.25, 0.3) is 0 Å². The molecule has 0 spiro atoms. The van der Waals surface area contributed by atoms with Gasteiger partial charge in [-0.05, 0) is 46.1 Å². The summed E-state index contributed by atoms with van der Waals surface area (Å²) in [5.74, 6) is 0.0544. The smallest absolute Gasteiger partial charge is 0.224 e. The summed E-state index contributed by atoms with van der Waals surface area (Å²) >= 11 is 3.39. The zero-order valence-corrected chi connectivity index (χ0v) is 13.5.